The van der Waals surface area contributed by atoms with Gasteiger partial charge < -0.3 is 71.8 Å². The second kappa shape index (κ2) is 38.9. The van der Waals surface area contributed by atoms with Crippen LogP contribution in [0.4, 0.5) is 0 Å². The standard InChI is InChI=1S/C27H54O16/c28-1-2-31-3-4-32-5-6-33-7-8-34-9-10-35-11-12-36-13-14-37-15-16-38-17-18-39-19-20-40-21-22-41-23-24-42-25-27(30)43-26-29/h28-29H,1-26H2. The minimum absolute atomic E-state index is 0.0195. The number of hydrogen-bond donors (Lipinski definition) is 2. The molecule has 0 amide bonds. The molecule has 0 unspecified atom stereocenters. The van der Waals surface area contributed by atoms with Gasteiger partial charge in [-0.25, -0.2) is 4.79 Å². The molecule has 0 atom stereocenters. The molecule has 0 rings (SSSR count). The first-order valence-electron chi connectivity index (χ1n) is 14.6. The molecule has 0 fully saturated rings. The predicted molar refractivity (Wildman–Crippen MR) is 150 cm³/mol. The topological polar surface area (TPSA) is 178 Å². The minimum Gasteiger partial charge on any atom is -0.437 e. The molecule has 0 aromatic carbocycles. The van der Waals surface area contributed by atoms with Crippen molar-refractivity contribution in [2.45, 2.75) is 0 Å². The molecule has 0 aromatic heterocycles. The van der Waals surface area contributed by atoms with E-state index in [2.05, 4.69) is 4.74 Å². The lowest BCUT2D eigenvalue weighted by atomic mass is 10.6. The van der Waals surface area contributed by atoms with Crippen LogP contribution in [-0.2, 0) is 66.4 Å². The molecule has 43 heavy (non-hydrogen) atoms. The van der Waals surface area contributed by atoms with Crippen molar-refractivity contribution in [3.05, 3.63) is 0 Å². The molecule has 0 saturated carbocycles. The van der Waals surface area contributed by atoms with E-state index in [1.807, 2.05) is 0 Å². The van der Waals surface area contributed by atoms with Gasteiger partial charge in [-0.1, -0.05) is 0 Å². The number of esters is 1. The predicted octanol–water partition coefficient (Wildman–Crippen LogP) is -1.33. The van der Waals surface area contributed by atoms with Crippen LogP contribution in [-0.4, -0.2) is 188 Å². The van der Waals surface area contributed by atoms with Crippen LogP contribution in [0.1, 0.15) is 0 Å². The number of hydrogen-bond acceptors (Lipinski definition) is 16. The monoisotopic (exact) mass is 634 g/mol. The fourth-order valence-corrected chi connectivity index (χ4v) is 2.75. The highest BCUT2D eigenvalue weighted by atomic mass is 16.6. The van der Waals surface area contributed by atoms with Gasteiger partial charge in [0.2, 0.25) is 0 Å². The average Bonchev–Trinajstić information content (AvgIpc) is 3.01. The van der Waals surface area contributed by atoms with Gasteiger partial charge in [0.15, 0.2) is 6.79 Å². The maximum absolute atomic E-state index is 10.9. The summed E-state index contributed by atoms with van der Waals surface area (Å²) in [6, 6.07) is 0. The lowest BCUT2D eigenvalue weighted by Gasteiger charge is -2.09. The molecule has 0 heterocycles. The van der Waals surface area contributed by atoms with Crippen molar-refractivity contribution in [3.8, 4) is 0 Å². The van der Waals surface area contributed by atoms with Gasteiger partial charge >= 0.3 is 5.97 Å². The largest absolute Gasteiger partial charge is 0.437 e. The molecule has 0 radical (unpaired) electrons. The van der Waals surface area contributed by atoms with E-state index >= 15 is 0 Å². The van der Waals surface area contributed by atoms with Gasteiger partial charge in [-0.2, -0.15) is 0 Å². The maximum atomic E-state index is 10.9. The highest BCUT2D eigenvalue weighted by molar-refractivity contribution is 5.70. The van der Waals surface area contributed by atoms with E-state index in [9.17, 15) is 4.79 Å². The van der Waals surface area contributed by atoms with Crippen molar-refractivity contribution in [2.75, 3.05) is 172 Å². The molecule has 2 N–H and O–H groups in total. The summed E-state index contributed by atoms with van der Waals surface area (Å²) >= 11 is 0. The zero-order chi connectivity index (χ0) is 31.2. The Morgan fingerprint density at radius 3 is 0.744 bits per heavy atom. The molecule has 16 heteroatoms. The van der Waals surface area contributed by atoms with E-state index in [4.69, 9.17) is 67.1 Å². The van der Waals surface area contributed by atoms with E-state index < -0.39 is 12.8 Å². The van der Waals surface area contributed by atoms with Gasteiger partial charge in [0.1, 0.15) is 6.61 Å². The third kappa shape index (κ3) is 38.9. The number of ether oxygens (including phenoxy) is 13. The lowest BCUT2D eigenvalue weighted by molar-refractivity contribution is -0.157. The van der Waals surface area contributed by atoms with E-state index in [1.54, 1.807) is 0 Å². The molecule has 0 aliphatic heterocycles. The quantitative estimate of drug-likeness (QED) is 0.0463. The van der Waals surface area contributed by atoms with E-state index in [0.29, 0.717) is 145 Å². The van der Waals surface area contributed by atoms with Crippen molar-refractivity contribution in [1.29, 1.82) is 0 Å². The van der Waals surface area contributed by atoms with Crippen LogP contribution < -0.4 is 0 Å². The number of carbonyl (C=O) groups excluding carboxylic acids is 1. The molecule has 0 aliphatic rings. The first kappa shape index (κ1) is 41.9. The molecule has 0 spiro atoms. The van der Waals surface area contributed by atoms with Crippen LogP contribution in [0, 0.1) is 0 Å². The summed E-state index contributed by atoms with van der Waals surface area (Å²) in [5, 5.41) is 17.0. The second-order valence-electron chi connectivity index (χ2n) is 8.16. The SMILES string of the molecule is O=C(COCCOCCOCCOCCOCCOCCOCCOCCOCCOCCOCCOCCO)OCO. The van der Waals surface area contributed by atoms with Crippen LogP contribution in [0.5, 0.6) is 0 Å². The molecule has 0 aromatic rings. The lowest BCUT2D eigenvalue weighted by Crippen LogP contribution is -2.17. The Bertz CT molecular complexity index is 531. The van der Waals surface area contributed by atoms with Crippen molar-refractivity contribution in [2.24, 2.45) is 0 Å². The van der Waals surface area contributed by atoms with Crippen LogP contribution in [0.3, 0.4) is 0 Å². The smallest absolute Gasteiger partial charge is 0.334 e. The molecule has 0 aliphatic carbocycles. The van der Waals surface area contributed by atoms with Gasteiger partial charge in [-0.15, -0.1) is 0 Å². The third-order valence-corrected chi connectivity index (χ3v) is 4.77. The van der Waals surface area contributed by atoms with Crippen LogP contribution in [0.15, 0.2) is 0 Å². The minimum atomic E-state index is -0.654. The summed E-state index contributed by atoms with van der Waals surface area (Å²) in [4.78, 5) is 10.9. The zero-order valence-corrected chi connectivity index (χ0v) is 25.5. The van der Waals surface area contributed by atoms with Gasteiger partial charge in [-0.05, 0) is 0 Å². The van der Waals surface area contributed by atoms with Gasteiger partial charge in [-0.3, -0.25) is 0 Å². The summed E-state index contributed by atoms with van der Waals surface area (Å²) in [5.41, 5.74) is 0. The van der Waals surface area contributed by atoms with Crippen LogP contribution >= 0.6 is 0 Å². The summed E-state index contributed by atoms with van der Waals surface area (Å²) in [6.45, 7) is 9.56. The van der Waals surface area contributed by atoms with Crippen molar-refractivity contribution in [3.63, 3.8) is 0 Å². The Morgan fingerprint density at radius 1 is 0.326 bits per heavy atom. The van der Waals surface area contributed by atoms with Crippen molar-refractivity contribution in [1.82, 2.24) is 0 Å². The zero-order valence-electron chi connectivity index (χ0n) is 25.5. The first-order chi connectivity index (χ1) is 21.3. The van der Waals surface area contributed by atoms with E-state index in [1.165, 1.54) is 0 Å². The normalized spacial score (nSPS) is 11.4. The fraction of sp³-hybridized carbons (Fsp3) is 0.963. The van der Waals surface area contributed by atoms with Crippen LogP contribution in [0.25, 0.3) is 0 Å². The number of aliphatic hydroxyl groups excluding tert-OH is 2. The molecular weight excluding hydrogens is 580 g/mol. The molecular formula is C27H54O16. The Kier molecular flexibility index (Phi) is 37.9. The Morgan fingerprint density at radius 2 is 0.535 bits per heavy atom. The average molecular weight is 635 g/mol. The number of rotatable bonds is 38. The van der Waals surface area contributed by atoms with E-state index in [-0.39, 0.29) is 19.8 Å². The molecule has 258 valence electrons. The Balaban J connectivity index is 3.05. The molecule has 0 saturated heterocycles. The summed E-state index contributed by atoms with van der Waals surface area (Å²) in [7, 11) is 0. The highest BCUT2D eigenvalue weighted by Gasteiger charge is 2.01. The van der Waals surface area contributed by atoms with E-state index in [0.717, 1.165) is 0 Å². The Labute approximate surface area is 254 Å². The highest BCUT2D eigenvalue weighted by Crippen LogP contribution is 1.87. The first-order valence-corrected chi connectivity index (χ1v) is 14.6. The van der Waals surface area contributed by atoms with Gasteiger partial charge in [0.25, 0.3) is 0 Å². The maximum Gasteiger partial charge on any atom is 0.334 e. The summed E-state index contributed by atoms with van der Waals surface area (Å²) in [5.74, 6) is -0.625. The Hall–Kier alpha value is -1.09. The number of carbonyl (C=O) groups is 1. The third-order valence-electron chi connectivity index (χ3n) is 4.77. The molecule has 16 nitrogen and oxygen atoms in total. The summed E-state index contributed by atoms with van der Waals surface area (Å²) < 4.78 is 68.4. The second-order valence-corrected chi connectivity index (χ2v) is 8.16. The van der Waals surface area contributed by atoms with Crippen molar-refractivity contribution >= 4 is 5.97 Å². The summed E-state index contributed by atoms with van der Waals surface area (Å²) in [6.07, 6.45) is 0. The molecule has 0 bridgehead atoms. The van der Waals surface area contributed by atoms with Gasteiger partial charge in [0, 0.05) is 0 Å². The van der Waals surface area contributed by atoms with Crippen molar-refractivity contribution < 1.29 is 76.6 Å². The van der Waals surface area contributed by atoms with Gasteiger partial charge in [0.05, 0.1) is 159 Å². The van der Waals surface area contributed by atoms with Crippen LogP contribution in [0.2, 0.25) is 0 Å². The number of aliphatic hydroxyl groups is 2. The fourth-order valence-electron chi connectivity index (χ4n) is 2.75.